The first-order valence-electron chi connectivity index (χ1n) is 3.76. The van der Waals surface area contributed by atoms with Gasteiger partial charge in [-0.05, 0) is 6.42 Å². The number of aliphatic hydroxyl groups excluding tert-OH is 3. The molecule has 0 atom stereocenters. The van der Waals surface area contributed by atoms with Crippen LogP contribution in [0.1, 0.15) is 6.42 Å². The van der Waals surface area contributed by atoms with Crippen molar-refractivity contribution < 1.29 is 20.1 Å². The molecule has 0 aromatic heterocycles. The Morgan fingerprint density at radius 3 is 2.17 bits per heavy atom. The van der Waals surface area contributed by atoms with Crippen molar-refractivity contribution in [3.8, 4) is 0 Å². The summed E-state index contributed by atoms with van der Waals surface area (Å²) in [5, 5.41) is 26.5. The molecule has 0 saturated heterocycles. The minimum absolute atomic E-state index is 0.290. The van der Waals surface area contributed by atoms with E-state index in [4.69, 9.17) is 15.3 Å². The average molecular weight is 172 g/mol. The normalized spacial score (nSPS) is 21.2. The first-order valence-corrected chi connectivity index (χ1v) is 3.76. The van der Waals surface area contributed by atoms with E-state index in [9.17, 15) is 4.79 Å². The van der Waals surface area contributed by atoms with Crippen LogP contribution in [0.4, 0.5) is 0 Å². The monoisotopic (exact) mass is 172 g/mol. The SMILES string of the molecule is O=C1C(CO)=CCC1(CO)CO. The summed E-state index contributed by atoms with van der Waals surface area (Å²) in [4.78, 5) is 11.4. The summed E-state index contributed by atoms with van der Waals surface area (Å²) >= 11 is 0. The Hall–Kier alpha value is -0.710. The summed E-state index contributed by atoms with van der Waals surface area (Å²) in [5.74, 6) is -0.338. The molecule has 3 N–H and O–H groups in total. The van der Waals surface area contributed by atoms with Crippen molar-refractivity contribution in [3.63, 3.8) is 0 Å². The lowest BCUT2D eigenvalue weighted by Gasteiger charge is -2.21. The molecule has 68 valence electrons. The fourth-order valence-corrected chi connectivity index (χ4v) is 1.30. The second-order valence-electron chi connectivity index (χ2n) is 3.02. The standard InChI is InChI=1S/C8H12O4/c9-3-6-1-2-8(4-10,5-11)7(6)12/h1,9-11H,2-5H2. The predicted octanol–water partition coefficient (Wildman–Crippen LogP) is -1.15. The molecule has 0 saturated carbocycles. The molecular weight excluding hydrogens is 160 g/mol. The third-order valence-electron chi connectivity index (χ3n) is 2.29. The first-order chi connectivity index (χ1) is 5.70. The van der Waals surface area contributed by atoms with Crippen LogP contribution in [-0.2, 0) is 4.79 Å². The van der Waals surface area contributed by atoms with Gasteiger partial charge in [0.05, 0.1) is 25.2 Å². The number of allylic oxidation sites excluding steroid dienone is 1. The molecule has 0 heterocycles. The van der Waals surface area contributed by atoms with Crippen LogP contribution in [0.15, 0.2) is 11.6 Å². The third-order valence-corrected chi connectivity index (χ3v) is 2.29. The maximum absolute atomic E-state index is 11.4. The molecule has 12 heavy (non-hydrogen) atoms. The Kier molecular flexibility index (Phi) is 2.62. The van der Waals surface area contributed by atoms with Gasteiger partial charge in [-0.25, -0.2) is 0 Å². The Balaban J connectivity index is 2.82. The molecule has 1 aliphatic rings. The highest BCUT2D eigenvalue weighted by atomic mass is 16.3. The van der Waals surface area contributed by atoms with Crippen molar-refractivity contribution in [3.05, 3.63) is 11.6 Å². The van der Waals surface area contributed by atoms with Crippen LogP contribution in [0.25, 0.3) is 0 Å². The Morgan fingerprint density at radius 2 is 1.92 bits per heavy atom. The minimum atomic E-state index is -1.07. The zero-order valence-corrected chi connectivity index (χ0v) is 6.66. The van der Waals surface area contributed by atoms with E-state index in [0.717, 1.165) is 0 Å². The maximum atomic E-state index is 11.4. The van der Waals surface area contributed by atoms with Crippen molar-refractivity contribution in [1.29, 1.82) is 0 Å². The van der Waals surface area contributed by atoms with Crippen LogP contribution in [-0.4, -0.2) is 40.9 Å². The largest absolute Gasteiger partial charge is 0.395 e. The van der Waals surface area contributed by atoms with Crippen molar-refractivity contribution in [2.45, 2.75) is 6.42 Å². The number of carbonyl (C=O) groups is 1. The maximum Gasteiger partial charge on any atom is 0.171 e. The molecule has 0 aromatic carbocycles. The number of hydrogen-bond donors (Lipinski definition) is 3. The van der Waals surface area contributed by atoms with Crippen molar-refractivity contribution in [2.24, 2.45) is 5.41 Å². The van der Waals surface area contributed by atoms with Crippen LogP contribution in [0.2, 0.25) is 0 Å². The van der Waals surface area contributed by atoms with Crippen LogP contribution in [0, 0.1) is 5.41 Å². The zero-order chi connectivity index (χ0) is 9.19. The van der Waals surface area contributed by atoms with E-state index in [1.807, 2.05) is 0 Å². The van der Waals surface area contributed by atoms with Gasteiger partial charge >= 0.3 is 0 Å². The second-order valence-corrected chi connectivity index (χ2v) is 3.02. The lowest BCUT2D eigenvalue weighted by molar-refractivity contribution is -0.128. The minimum Gasteiger partial charge on any atom is -0.395 e. The van der Waals surface area contributed by atoms with Gasteiger partial charge in [-0.3, -0.25) is 4.79 Å². The summed E-state index contributed by atoms with van der Waals surface area (Å²) in [6, 6.07) is 0. The van der Waals surface area contributed by atoms with Crippen LogP contribution >= 0.6 is 0 Å². The number of hydrogen-bond acceptors (Lipinski definition) is 4. The van der Waals surface area contributed by atoms with E-state index in [-0.39, 0.29) is 31.2 Å². The molecule has 4 nitrogen and oxygen atoms in total. The summed E-state index contributed by atoms with van der Waals surface area (Å²) < 4.78 is 0. The lowest BCUT2D eigenvalue weighted by atomic mass is 9.85. The molecule has 1 aliphatic carbocycles. The molecule has 0 aromatic rings. The summed E-state index contributed by atoms with van der Waals surface area (Å²) in [7, 11) is 0. The number of aliphatic hydroxyl groups is 3. The Morgan fingerprint density at radius 1 is 1.33 bits per heavy atom. The molecular formula is C8H12O4. The van der Waals surface area contributed by atoms with Crippen LogP contribution in [0.5, 0.6) is 0 Å². The van der Waals surface area contributed by atoms with E-state index in [1.165, 1.54) is 0 Å². The van der Waals surface area contributed by atoms with Gasteiger partial charge in [-0.15, -0.1) is 0 Å². The van der Waals surface area contributed by atoms with Crippen LogP contribution in [0.3, 0.4) is 0 Å². The van der Waals surface area contributed by atoms with Gasteiger partial charge in [0.15, 0.2) is 5.78 Å². The average Bonchev–Trinajstić information content (AvgIpc) is 2.43. The topological polar surface area (TPSA) is 77.8 Å². The molecule has 4 heteroatoms. The summed E-state index contributed by atoms with van der Waals surface area (Å²) in [5.41, 5.74) is -0.781. The molecule has 0 amide bonds. The van der Waals surface area contributed by atoms with Gasteiger partial charge in [-0.2, -0.15) is 0 Å². The second kappa shape index (κ2) is 3.35. The fourth-order valence-electron chi connectivity index (χ4n) is 1.30. The van der Waals surface area contributed by atoms with E-state index in [2.05, 4.69) is 0 Å². The molecule has 0 fully saturated rings. The number of carbonyl (C=O) groups excluding carboxylic acids is 1. The van der Waals surface area contributed by atoms with E-state index < -0.39 is 5.41 Å². The Bertz CT molecular complexity index is 215. The number of ketones is 1. The van der Waals surface area contributed by atoms with Gasteiger partial charge in [0.1, 0.15) is 0 Å². The van der Waals surface area contributed by atoms with Crippen molar-refractivity contribution in [2.75, 3.05) is 19.8 Å². The smallest absolute Gasteiger partial charge is 0.171 e. The van der Waals surface area contributed by atoms with Gasteiger partial charge < -0.3 is 15.3 Å². The van der Waals surface area contributed by atoms with E-state index in [1.54, 1.807) is 6.08 Å². The molecule has 0 spiro atoms. The Labute approximate surface area is 70.1 Å². The van der Waals surface area contributed by atoms with E-state index in [0.29, 0.717) is 6.42 Å². The highest BCUT2D eigenvalue weighted by Crippen LogP contribution is 2.32. The molecule has 0 aliphatic heterocycles. The molecule has 0 bridgehead atoms. The van der Waals surface area contributed by atoms with Crippen molar-refractivity contribution in [1.82, 2.24) is 0 Å². The van der Waals surface area contributed by atoms with Gasteiger partial charge in [-0.1, -0.05) is 6.08 Å². The van der Waals surface area contributed by atoms with E-state index >= 15 is 0 Å². The van der Waals surface area contributed by atoms with Gasteiger partial charge in [0.25, 0.3) is 0 Å². The fraction of sp³-hybridized carbons (Fsp3) is 0.625. The van der Waals surface area contributed by atoms with Gasteiger partial charge in [0.2, 0.25) is 0 Å². The highest BCUT2D eigenvalue weighted by molar-refractivity contribution is 6.02. The molecule has 0 unspecified atom stereocenters. The zero-order valence-electron chi connectivity index (χ0n) is 6.66. The molecule has 0 radical (unpaired) electrons. The third kappa shape index (κ3) is 1.18. The lowest BCUT2D eigenvalue weighted by Crippen LogP contribution is -2.36. The van der Waals surface area contributed by atoms with Crippen molar-refractivity contribution >= 4 is 5.78 Å². The number of Topliss-reactive ketones (excluding diaryl/α,β-unsaturated/α-hetero) is 1. The summed E-state index contributed by atoms with van der Waals surface area (Å²) in [6.45, 7) is -1.06. The van der Waals surface area contributed by atoms with Crippen LogP contribution < -0.4 is 0 Å². The van der Waals surface area contributed by atoms with Gasteiger partial charge in [0, 0.05) is 5.57 Å². The quantitative estimate of drug-likeness (QED) is 0.502. The highest BCUT2D eigenvalue weighted by Gasteiger charge is 2.41. The number of rotatable bonds is 3. The first kappa shape index (κ1) is 9.38. The predicted molar refractivity (Wildman–Crippen MR) is 41.4 cm³/mol. The molecule has 1 rings (SSSR count). The summed E-state index contributed by atoms with van der Waals surface area (Å²) in [6.07, 6.45) is 1.88.